The minimum atomic E-state index is -0.249. The summed E-state index contributed by atoms with van der Waals surface area (Å²) in [6, 6.07) is 8.76. The Morgan fingerprint density at radius 2 is 2.21 bits per heavy atom. The predicted molar refractivity (Wildman–Crippen MR) is 87.2 cm³/mol. The van der Waals surface area contributed by atoms with Gasteiger partial charge in [-0.25, -0.2) is 4.79 Å². The fourth-order valence-electron chi connectivity index (χ4n) is 2.26. The van der Waals surface area contributed by atoms with Crippen LogP contribution >= 0.6 is 0 Å². The lowest BCUT2D eigenvalue weighted by atomic mass is 10.1. The molecule has 1 aliphatic rings. The molecule has 0 aliphatic carbocycles. The highest BCUT2D eigenvalue weighted by molar-refractivity contribution is 5.74. The second-order valence-corrected chi connectivity index (χ2v) is 5.27. The fraction of sp³-hybridized carbons (Fsp3) is 0.294. The van der Waals surface area contributed by atoms with E-state index in [1.54, 1.807) is 30.6 Å². The van der Waals surface area contributed by atoms with Crippen LogP contribution in [0.2, 0.25) is 0 Å². The third-order valence-electron chi connectivity index (χ3n) is 3.53. The molecule has 2 aromatic rings. The van der Waals surface area contributed by atoms with Gasteiger partial charge >= 0.3 is 6.03 Å². The molecule has 126 valence electrons. The normalized spacial score (nSPS) is 13.2. The number of amides is 2. The molecule has 7 nitrogen and oxygen atoms in total. The van der Waals surface area contributed by atoms with Crippen LogP contribution in [0.5, 0.6) is 17.2 Å². The Hall–Kier alpha value is -2.96. The minimum Gasteiger partial charge on any atom is -0.492 e. The summed E-state index contributed by atoms with van der Waals surface area (Å²) in [5, 5.41) is 5.60. The van der Waals surface area contributed by atoms with E-state index in [0.29, 0.717) is 30.4 Å². The summed E-state index contributed by atoms with van der Waals surface area (Å²) in [5.74, 6) is 2.05. The Balaban J connectivity index is 1.38. The molecular formula is C17H19N3O4. The van der Waals surface area contributed by atoms with E-state index in [4.69, 9.17) is 14.2 Å². The molecule has 2 amide bonds. The number of pyridine rings is 1. The van der Waals surface area contributed by atoms with Crippen molar-refractivity contribution in [2.24, 2.45) is 0 Å². The van der Waals surface area contributed by atoms with E-state index >= 15 is 0 Å². The third-order valence-corrected chi connectivity index (χ3v) is 3.53. The van der Waals surface area contributed by atoms with Crippen LogP contribution in [-0.2, 0) is 0 Å². The summed E-state index contributed by atoms with van der Waals surface area (Å²) in [7, 11) is 0. The molecule has 0 unspecified atom stereocenters. The molecule has 1 aromatic heterocycles. The zero-order valence-corrected chi connectivity index (χ0v) is 13.3. The standard InChI is InChI=1S/C17H19N3O4/c1-12(13-3-2-6-18-10-13)20-17(21)19-7-8-22-14-4-5-15-16(9-14)24-11-23-15/h2-6,9-10,12H,7-8,11H2,1H3,(H2,19,20,21)/t12-/m1/s1. The first-order chi connectivity index (χ1) is 11.7. The molecule has 1 aromatic carbocycles. The third kappa shape index (κ3) is 4.07. The largest absolute Gasteiger partial charge is 0.492 e. The summed E-state index contributed by atoms with van der Waals surface area (Å²) in [6.07, 6.45) is 3.43. The Bertz CT molecular complexity index is 693. The maximum Gasteiger partial charge on any atom is 0.315 e. The van der Waals surface area contributed by atoms with Crippen molar-refractivity contribution in [3.63, 3.8) is 0 Å². The van der Waals surface area contributed by atoms with Gasteiger partial charge in [-0.05, 0) is 30.7 Å². The van der Waals surface area contributed by atoms with Crippen molar-refractivity contribution in [3.05, 3.63) is 48.3 Å². The number of ether oxygens (including phenoxy) is 3. The van der Waals surface area contributed by atoms with Crippen LogP contribution in [0.15, 0.2) is 42.7 Å². The smallest absolute Gasteiger partial charge is 0.315 e. The van der Waals surface area contributed by atoms with E-state index in [1.807, 2.05) is 19.1 Å². The number of carbonyl (C=O) groups excluding carboxylic acids is 1. The number of fused-ring (bicyclic) bond motifs is 1. The van der Waals surface area contributed by atoms with Crippen LogP contribution in [0.25, 0.3) is 0 Å². The molecule has 24 heavy (non-hydrogen) atoms. The van der Waals surface area contributed by atoms with Gasteiger partial charge in [0.2, 0.25) is 6.79 Å². The SMILES string of the molecule is C[C@@H](NC(=O)NCCOc1ccc2c(c1)OCO2)c1cccnc1. The van der Waals surface area contributed by atoms with Crippen LogP contribution in [0.3, 0.4) is 0 Å². The van der Waals surface area contributed by atoms with Gasteiger partial charge < -0.3 is 24.8 Å². The molecule has 1 atom stereocenters. The summed E-state index contributed by atoms with van der Waals surface area (Å²) >= 11 is 0. The Morgan fingerprint density at radius 1 is 1.33 bits per heavy atom. The average molecular weight is 329 g/mol. The van der Waals surface area contributed by atoms with Gasteiger partial charge in [-0.15, -0.1) is 0 Å². The molecule has 0 saturated carbocycles. The van der Waals surface area contributed by atoms with Gasteiger partial charge in [0, 0.05) is 18.5 Å². The second kappa shape index (κ2) is 7.54. The molecule has 0 bridgehead atoms. The Morgan fingerprint density at radius 3 is 3.04 bits per heavy atom. The summed E-state index contributed by atoms with van der Waals surface area (Å²) < 4.78 is 16.1. The quantitative estimate of drug-likeness (QED) is 0.795. The van der Waals surface area contributed by atoms with E-state index in [1.165, 1.54) is 0 Å². The van der Waals surface area contributed by atoms with E-state index < -0.39 is 0 Å². The first-order valence-corrected chi connectivity index (χ1v) is 7.69. The van der Waals surface area contributed by atoms with Crippen molar-refractivity contribution in [2.45, 2.75) is 13.0 Å². The summed E-state index contributed by atoms with van der Waals surface area (Å²) in [4.78, 5) is 15.9. The van der Waals surface area contributed by atoms with E-state index in [-0.39, 0.29) is 18.9 Å². The van der Waals surface area contributed by atoms with Gasteiger partial charge in [0.1, 0.15) is 12.4 Å². The number of aromatic nitrogens is 1. The number of nitrogens with zero attached hydrogens (tertiary/aromatic N) is 1. The molecular weight excluding hydrogens is 310 g/mol. The Labute approximate surface area is 139 Å². The number of hydrogen-bond acceptors (Lipinski definition) is 5. The number of urea groups is 1. The van der Waals surface area contributed by atoms with Gasteiger partial charge in [-0.1, -0.05) is 6.07 Å². The lowest BCUT2D eigenvalue weighted by molar-refractivity contribution is 0.173. The summed E-state index contributed by atoms with van der Waals surface area (Å²) in [6.45, 7) is 2.88. The highest BCUT2D eigenvalue weighted by Crippen LogP contribution is 2.34. The molecule has 2 N–H and O–H groups in total. The number of nitrogens with one attached hydrogen (secondary N) is 2. The number of benzene rings is 1. The van der Waals surface area contributed by atoms with Gasteiger partial charge in [0.25, 0.3) is 0 Å². The number of carbonyl (C=O) groups is 1. The van der Waals surface area contributed by atoms with Gasteiger partial charge in [0.15, 0.2) is 11.5 Å². The van der Waals surface area contributed by atoms with Gasteiger partial charge in [-0.2, -0.15) is 0 Å². The predicted octanol–water partition coefficient (Wildman–Crippen LogP) is 2.25. The van der Waals surface area contributed by atoms with Crippen molar-refractivity contribution in [1.82, 2.24) is 15.6 Å². The molecule has 3 rings (SSSR count). The van der Waals surface area contributed by atoms with Crippen molar-refractivity contribution in [3.8, 4) is 17.2 Å². The lowest BCUT2D eigenvalue weighted by Crippen LogP contribution is -2.39. The van der Waals surface area contributed by atoms with Crippen molar-refractivity contribution in [1.29, 1.82) is 0 Å². The molecule has 0 spiro atoms. The van der Waals surface area contributed by atoms with Crippen LogP contribution in [-0.4, -0.2) is 31.0 Å². The molecule has 2 heterocycles. The van der Waals surface area contributed by atoms with Gasteiger partial charge in [0.05, 0.1) is 12.6 Å². The first kappa shape index (κ1) is 15.9. The van der Waals surface area contributed by atoms with Gasteiger partial charge in [-0.3, -0.25) is 4.98 Å². The average Bonchev–Trinajstić information content (AvgIpc) is 3.07. The van der Waals surface area contributed by atoms with Crippen molar-refractivity contribution >= 4 is 6.03 Å². The highest BCUT2D eigenvalue weighted by atomic mass is 16.7. The highest BCUT2D eigenvalue weighted by Gasteiger charge is 2.13. The summed E-state index contributed by atoms with van der Waals surface area (Å²) in [5.41, 5.74) is 0.948. The zero-order chi connectivity index (χ0) is 16.8. The van der Waals surface area contributed by atoms with Crippen LogP contribution in [0, 0.1) is 0 Å². The van der Waals surface area contributed by atoms with E-state index in [0.717, 1.165) is 5.56 Å². The van der Waals surface area contributed by atoms with Crippen LogP contribution in [0.1, 0.15) is 18.5 Å². The molecule has 0 saturated heterocycles. The Kier molecular flexibility index (Phi) is 5.00. The monoisotopic (exact) mass is 329 g/mol. The van der Waals surface area contributed by atoms with E-state index in [9.17, 15) is 4.79 Å². The maximum absolute atomic E-state index is 11.9. The fourth-order valence-corrected chi connectivity index (χ4v) is 2.26. The zero-order valence-electron chi connectivity index (χ0n) is 13.3. The maximum atomic E-state index is 11.9. The molecule has 0 fully saturated rings. The second-order valence-electron chi connectivity index (χ2n) is 5.27. The van der Waals surface area contributed by atoms with Crippen LogP contribution < -0.4 is 24.8 Å². The lowest BCUT2D eigenvalue weighted by Gasteiger charge is -2.14. The van der Waals surface area contributed by atoms with Crippen molar-refractivity contribution < 1.29 is 19.0 Å². The topological polar surface area (TPSA) is 81.7 Å². The van der Waals surface area contributed by atoms with Crippen LogP contribution in [0.4, 0.5) is 4.79 Å². The molecule has 7 heteroatoms. The molecule has 1 aliphatic heterocycles. The van der Waals surface area contributed by atoms with Crippen molar-refractivity contribution in [2.75, 3.05) is 19.9 Å². The number of hydrogen-bond donors (Lipinski definition) is 2. The number of rotatable bonds is 6. The minimum absolute atomic E-state index is 0.117. The molecule has 0 radical (unpaired) electrons. The first-order valence-electron chi connectivity index (χ1n) is 7.69. The van der Waals surface area contributed by atoms with E-state index in [2.05, 4.69) is 15.6 Å².